The predicted molar refractivity (Wildman–Crippen MR) is 91.6 cm³/mol. The van der Waals surface area contributed by atoms with E-state index in [0.717, 1.165) is 51.5 Å². The fraction of sp³-hybridized carbons (Fsp3) is 0.588. The lowest BCUT2D eigenvalue weighted by molar-refractivity contribution is 0.197. The maximum absolute atomic E-state index is 12.8. The molecule has 2 N–H and O–H groups in total. The van der Waals surface area contributed by atoms with Gasteiger partial charge < -0.3 is 20.1 Å². The first kappa shape index (κ1) is 19.2. The Labute approximate surface area is 138 Å². The summed E-state index contributed by atoms with van der Waals surface area (Å²) < 4.78 is 23.3. The molecule has 130 valence electrons. The maximum Gasteiger partial charge on any atom is 0.191 e. The van der Waals surface area contributed by atoms with Crippen molar-refractivity contribution in [1.29, 1.82) is 0 Å². The summed E-state index contributed by atoms with van der Waals surface area (Å²) in [6.45, 7) is 5.81. The van der Waals surface area contributed by atoms with Crippen LogP contribution in [0.4, 0.5) is 4.39 Å². The first-order valence-corrected chi connectivity index (χ1v) is 8.15. The Morgan fingerprint density at radius 2 is 1.87 bits per heavy atom. The largest absolute Gasteiger partial charge is 0.494 e. The molecule has 6 heteroatoms. The molecule has 0 saturated carbocycles. The van der Waals surface area contributed by atoms with Gasteiger partial charge in [0, 0.05) is 33.4 Å². The van der Waals surface area contributed by atoms with Gasteiger partial charge in [0.15, 0.2) is 5.96 Å². The molecule has 0 atom stereocenters. The number of aliphatic imine (C=N–C) groups is 1. The minimum atomic E-state index is -0.248. The number of nitrogens with zero attached hydrogens (tertiary/aromatic N) is 1. The average molecular weight is 325 g/mol. The number of unbranched alkanes of at least 4 members (excludes halogenated alkanes) is 1. The first-order chi connectivity index (χ1) is 11.3. The minimum Gasteiger partial charge on any atom is -0.494 e. The zero-order valence-corrected chi connectivity index (χ0v) is 14.1. The zero-order chi connectivity index (χ0) is 16.8. The van der Waals surface area contributed by atoms with E-state index in [1.165, 1.54) is 12.1 Å². The fourth-order valence-corrected chi connectivity index (χ4v) is 1.90. The highest BCUT2D eigenvalue weighted by Crippen LogP contribution is 2.11. The summed E-state index contributed by atoms with van der Waals surface area (Å²) in [6, 6.07) is 6.09. The molecule has 23 heavy (non-hydrogen) atoms. The van der Waals surface area contributed by atoms with E-state index < -0.39 is 0 Å². The third-order valence-electron chi connectivity index (χ3n) is 3.07. The molecule has 0 unspecified atom stereocenters. The van der Waals surface area contributed by atoms with E-state index >= 15 is 0 Å². The molecule has 0 aliphatic carbocycles. The van der Waals surface area contributed by atoms with Crippen LogP contribution in [0.25, 0.3) is 0 Å². The van der Waals surface area contributed by atoms with Crippen LogP contribution in [0.3, 0.4) is 0 Å². The first-order valence-electron chi connectivity index (χ1n) is 8.15. The van der Waals surface area contributed by atoms with Crippen LogP contribution < -0.4 is 15.4 Å². The zero-order valence-electron chi connectivity index (χ0n) is 14.1. The predicted octanol–water partition coefficient (Wildman–Crippen LogP) is 2.58. The minimum absolute atomic E-state index is 0.248. The number of halogens is 1. The molecule has 1 aromatic rings. The lowest BCUT2D eigenvalue weighted by atomic mass is 10.3. The van der Waals surface area contributed by atoms with Crippen molar-refractivity contribution in [2.75, 3.05) is 40.0 Å². The molecule has 0 radical (unpaired) electrons. The topological polar surface area (TPSA) is 54.9 Å². The summed E-state index contributed by atoms with van der Waals surface area (Å²) in [5, 5.41) is 6.51. The van der Waals surface area contributed by atoms with Crippen LogP contribution in [-0.4, -0.2) is 45.9 Å². The summed E-state index contributed by atoms with van der Waals surface area (Å²) in [5.41, 5.74) is 0. The molecule has 0 bridgehead atoms. The number of hydrogen-bond acceptors (Lipinski definition) is 3. The lowest BCUT2D eigenvalue weighted by Gasteiger charge is -2.11. The van der Waals surface area contributed by atoms with Gasteiger partial charge in [-0.3, -0.25) is 4.99 Å². The maximum atomic E-state index is 12.8. The molecular formula is C17H28FN3O2. The highest BCUT2D eigenvalue weighted by Gasteiger charge is 1.98. The van der Waals surface area contributed by atoms with Gasteiger partial charge in [-0.15, -0.1) is 0 Å². The Morgan fingerprint density at radius 3 is 2.57 bits per heavy atom. The lowest BCUT2D eigenvalue weighted by Crippen LogP contribution is -2.38. The van der Waals surface area contributed by atoms with Crippen molar-refractivity contribution in [3.63, 3.8) is 0 Å². The van der Waals surface area contributed by atoms with E-state index in [1.807, 2.05) is 6.92 Å². The quantitative estimate of drug-likeness (QED) is 0.373. The molecule has 1 rings (SSSR count). The van der Waals surface area contributed by atoms with Crippen molar-refractivity contribution in [3.05, 3.63) is 30.1 Å². The van der Waals surface area contributed by atoms with Gasteiger partial charge in [-0.1, -0.05) is 0 Å². The van der Waals surface area contributed by atoms with Crippen molar-refractivity contribution in [1.82, 2.24) is 10.6 Å². The van der Waals surface area contributed by atoms with Gasteiger partial charge in [0.1, 0.15) is 11.6 Å². The van der Waals surface area contributed by atoms with Crippen LogP contribution in [0.2, 0.25) is 0 Å². The van der Waals surface area contributed by atoms with Gasteiger partial charge in [0.2, 0.25) is 0 Å². The van der Waals surface area contributed by atoms with Crippen LogP contribution in [0.15, 0.2) is 29.3 Å². The molecule has 0 heterocycles. The van der Waals surface area contributed by atoms with Crippen molar-refractivity contribution in [3.8, 4) is 5.75 Å². The van der Waals surface area contributed by atoms with Crippen LogP contribution in [0.1, 0.15) is 26.2 Å². The highest BCUT2D eigenvalue weighted by atomic mass is 19.1. The summed E-state index contributed by atoms with van der Waals surface area (Å²) >= 11 is 0. The third kappa shape index (κ3) is 9.73. The van der Waals surface area contributed by atoms with E-state index in [4.69, 9.17) is 9.47 Å². The number of guanidine groups is 1. The second-order valence-corrected chi connectivity index (χ2v) is 5.04. The monoisotopic (exact) mass is 325 g/mol. The molecular weight excluding hydrogens is 297 g/mol. The van der Waals surface area contributed by atoms with Gasteiger partial charge in [-0.05, 0) is 50.5 Å². The van der Waals surface area contributed by atoms with Crippen molar-refractivity contribution in [2.45, 2.75) is 26.2 Å². The summed E-state index contributed by atoms with van der Waals surface area (Å²) in [7, 11) is 1.70. The van der Waals surface area contributed by atoms with Gasteiger partial charge in [0.05, 0.1) is 6.61 Å². The van der Waals surface area contributed by atoms with Crippen molar-refractivity contribution >= 4 is 5.96 Å². The van der Waals surface area contributed by atoms with Gasteiger partial charge in [0.25, 0.3) is 0 Å². The average Bonchev–Trinajstić information content (AvgIpc) is 2.56. The Bertz CT molecular complexity index is 438. The molecule has 0 amide bonds. The Balaban J connectivity index is 2.12. The summed E-state index contributed by atoms with van der Waals surface area (Å²) in [5.74, 6) is 1.29. The SMILES string of the molecule is CCNC(=NCCCOC)NCCCCOc1ccc(F)cc1. The van der Waals surface area contributed by atoms with Crippen LogP contribution in [0, 0.1) is 5.82 Å². The molecule has 5 nitrogen and oxygen atoms in total. The van der Waals surface area contributed by atoms with Gasteiger partial charge >= 0.3 is 0 Å². The molecule has 1 aromatic carbocycles. The number of ether oxygens (including phenoxy) is 2. The van der Waals surface area contributed by atoms with Gasteiger partial charge in [-0.25, -0.2) is 4.39 Å². The molecule has 0 aromatic heterocycles. The number of methoxy groups -OCH3 is 1. The number of hydrogen-bond donors (Lipinski definition) is 2. The standard InChI is InChI=1S/C17H28FN3O2/c1-3-19-17(21-12-6-13-22-2)20-11-4-5-14-23-16-9-7-15(18)8-10-16/h7-10H,3-6,11-14H2,1-2H3,(H2,19,20,21). The molecule has 0 aliphatic rings. The number of nitrogens with one attached hydrogen (secondary N) is 2. The van der Waals surface area contributed by atoms with Crippen LogP contribution in [0.5, 0.6) is 5.75 Å². The van der Waals surface area contributed by atoms with E-state index in [0.29, 0.717) is 12.4 Å². The van der Waals surface area contributed by atoms with Crippen molar-refractivity contribution < 1.29 is 13.9 Å². The highest BCUT2D eigenvalue weighted by molar-refractivity contribution is 5.79. The van der Waals surface area contributed by atoms with E-state index in [-0.39, 0.29) is 5.82 Å². The second kappa shape index (κ2) is 12.7. The van der Waals surface area contributed by atoms with E-state index in [9.17, 15) is 4.39 Å². The van der Waals surface area contributed by atoms with Crippen LogP contribution in [-0.2, 0) is 4.74 Å². The van der Waals surface area contributed by atoms with Crippen LogP contribution >= 0.6 is 0 Å². The Hall–Kier alpha value is -1.82. The molecule has 0 fully saturated rings. The van der Waals surface area contributed by atoms with E-state index in [2.05, 4.69) is 15.6 Å². The van der Waals surface area contributed by atoms with Crippen molar-refractivity contribution in [2.24, 2.45) is 4.99 Å². The number of benzene rings is 1. The third-order valence-corrected chi connectivity index (χ3v) is 3.07. The Kier molecular flexibility index (Phi) is 10.6. The second-order valence-electron chi connectivity index (χ2n) is 5.04. The summed E-state index contributed by atoms with van der Waals surface area (Å²) in [6.07, 6.45) is 2.82. The molecule has 0 spiro atoms. The fourth-order valence-electron chi connectivity index (χ4n) is 1.90. The van der Waals surface area contributed by atoms with E-state index in [1.54, 1.807) is 19.2 Å². The number of rotatable bonds is 11. The normalized spacial score (nSPS) is 11.3. The summed E-state index contributed by atoms with van der Waals surface area (Å²) in [4.78, 5) is 4.47. The Morgan fingerprint density at radius 1 is 1.09 bits per heavy atom. The smallest absolute Gasteiger partial charge is 0.191 e. The molecule has 0 saturated heterocycles. The van der Waals surface area contributed by atoms with Gasteiger partial charge in [-0.2, -0.15) is 0 Å². The molecule has 0 aliphatic heterocycles.